The quantitative estimate of drug-likeness (QED) is 0.629. The number of fused-ring (bicyclic) bond motifs is 1. The monoisotopic (exact) mass is 274 g/mol. The largest absolute Gasteiger partial charge is 1.00 e. The van der Waals surface area contributed by atoms with Crippen LogP contribution in [0.2, 0.25) is 0 Å². The first-order valence-electron chi connectivity index (χ1n) is 4.33. The van der Waals surface area contributed by atoms with Crippen molar-refractivity contribution in [3.63, 3.8) is 0 Å². The minimum absolute atomic E-state index is 0. The molecule has 0 radical (unpaired) electrons. The van der Waals surface area contributed by atoms with Crippen LogP contribution in [0.3, 0.4) is 0 Å². The fourth-order valence-corrected chi connectivity index (χ4v) is 1.32. The maximum atomic E-state index is 11.5. The molecule has 0 spiro atoms. The number of para-hydroxylation sites is 1. The van der Waals surface area contributed by atoms with E-state index in [2.05, 4.69) is 10.6 Å². The number of hydrogen-bond acceptors (Lipinski definition) is 2. The maximum Gasteiger partial charge on any atom is 1.00 e. The van der Waals surface area contributed by atoms with Crippen LogP contribution in [0.1, 0.15) is 17.3 Å². The Bertz CT molecular complexity index is 406. The summed E-state index contributed by atoms with van der Waals surface area (Å²) in [6, 6.07) is 6.24. The van der Waals surface area contributed by atoms with E-state index in [0.717, 1.165) is 0 Å². The summed E-state index contributed by atoms with van der Waals surface area (Å²) in [6.45, 7) is 1.60. The number of hydrogen-bond donors (Lipinski definition) is 1. The second kappa shape index (κ2) is 5.34. The minimum Gasteiger partial charge on any atom is -0.639 e. The van der Waals surface area contributed by atoms with Crippen molar-refractivity contribution in [2.45, 2.75) is 13.0 Å². The minimum atomic E-state index is -0.616. The Morgan fingerprint density at radius 1 is 1.27 bits per heavy atom. The molecule has 0 bridgehead atoms. The Hall–Kier alpha value is -0.0348. The van der Waals surface area contributed by atoms with Gasteiger partial charge in [-0.25, -0.2) is 0 Å². The van der Waals surface area contributed by atoms with Crippen LogP contribution in [0, 0.1) is 0 Å². The van der Waals surface area contributed by atoms with Crippen molar-refractivity contribution < 1.29 is 67.8 Å². The third kappa shape index (κ3) is 2.75. The van der Waals surface area contributed by atoms with Crippen molar-refractivity contribution >= 4 is 17.5 Å². The average molecular weight is 275 g/mol. The van der Waals surface area contributed by atoms with Crippen LogP contribution in [0.5, 0.6) is 0 Å². The normalized spacial score (nSPS) is 19.1. The molecular weight excluding hydrogens is 266 g/mol. The molecule has 1 atom stereocenters. The van der Waals surface area contributed by atoms with E-state index in [1.54, 1.807) is 31.2 Å². The van der Waals surface area contributed by atoms with Gasteiger partial charge in [0.25, 0.3) is 0 Å². The standard InChI is InChI=1S/C10H10N2O2.Rb/c1-6-9(13)12-8-5-3-2-4-7(8)10(14)11-6;/h2-6H,1H3,(H2,11,12,13,14);/q;+1/p-1. The Morgan fingerprint density at radius 3 is 2.67 bits per heavy atom. The summed E-state index contributed by atoms with van der Waals surface area (Å²) in [6.07, 6.45) is 0. The number of nitrogens with one attached hydrogen (secondary N) is 1. The van der Waals surface area contributed by atoms with Gasteiger partial charge < -0.3 is 15.4 Å². The van der Waals surface area contributed by atoms with E-state index in [0.29, 0.717) is 11.3 Å². The fraction of sp³-hybridized carbons (Fsp3) is 0.200. The summed E-state index contributed by atoms with van der Waals surface area (Å²) < 4.78 is 0. The summed E-state index contributed by atoms with van der Waals surface area (Å²) >= 11 is 0. The van der Waals surface area contributed by atoms with Crippen molar-refractivity contribution in [3.8, 4) is 0 Å². The number of nitrogens with zero attached hydrogens (tertiary/aromatic N) is 1. The van der Waals surface area contributed by atoms with Crippen molar-refractivity contribution in [1.29, 1.82) is 0 Å². The second-order valence-corrected chi connectivity index (χ2v) is 3.15. The predicted molar refractivity (Wildman–Crippen MR) is 52.2 cm³/mol. The summed E-state index contributed by atoms with van der Waals surface area (Å²) in [5.41, 5.74) is 0.987. The van der Waals surface area contributed by atoms with E-state index < -0.39 is 6.04 Å². The summed E-state index contributed by atoms with van der Waals surface area (Å²) in [5, 5.41) is 6.40. The Morgan fingerprint density at radius 2 is 1.93 bits per heavy atom. The average Bonchev–Trinajstić information content (AvgIpc) is 2.27. The molecule has 1 heterocycles. The zero-order chi connectivity index (χ0) is 10.1. The molecule has 0 fully saturated rings. The molecule has 0 aliphatic carbocycles. The molecule has 1 aliphatic rings. The van der Waals surface area contributed by atoms with E-state index in [9.17, 15) is 9.59 Å². The van der Waals surface area contributed by atoms with E-state index in [-0.39, 0.29) is 70.0 Å². The fourth-order valence-electron chi connectivity index (χ4n) is 1.32. The molecule has 15 heavy (non-hydrogen) atoms. The van der Waals surface area contributed by atoms with Gasteiger partial charge in [0.1, 0.15) is 0 Å². The zero-order valence-electron chi connectivity index (χ0n) is 8.65. The number of carbonyl (C=O) groups is 2. The van der Waals surface area contributed by atoms with Crippen LogP contribution in [0.15, 0.2) is 24.3 Å². The molecule has 1 aromatic rings. The van der Waals surface area contributed by atoms with Crippen LogP contribution in [0.25, 0.3) is 5.32 Å². The number of carbonyl (C=O) groups excluding carboxylic acids is 2. The summed E-state index contributed by atoms with van der Waals surface area (Å²) in [7, 11) is 0. The molecule has 2 amide bonds. The zero-order valence-corrected chi connectivity index (χ0v) is 13.6. The number of rotatable bonds is 0. The summed E-state index contributed by atoms with van der Waals surface area (Å²) in [5.74, 6) is -0.588. The predicted octanol–water partition coefficient (Wildman–Crippen LogP) is -1.45. The number of amides is 2. The van der Waals surface area contributed by atoms with Crippen LogP contribution in [-0.4, -0.2) is 17.9 Å². The van der Waals surface area contributed by atoms with Crippen LogP contribution >= 0.6 is 0 Å². The van der Waals surface area contributed by atoms with E-state index in [4.69, 9.17) is 0 Å². The van der Waals surface area contributed by atoms with E-state index in [1.165, 1.54) is 0 Å². The molecule has 0 saturated carbocycles. The van der Waals surface area contributed by atoms with Gasteiger partial charge in [-0.1, -0.05) is 25.1 Å². The molecule has 4 nitrogen and oxygen atoms in total. The molecule has 1 N–H and O–H groups in total. The number of benzene rings is 1. The van der Waals surface area contributed by atoms with Crippen molar-refractivity contribution in [1.82, 2.24) is 0 Å². The smallest absolute Gasteiger partial charge is 0.639 e. The molecule has 72 valence electrons. The van der Waals surface area contributed by atoms with Gasteiger partial charge in [-0.15, -0.1) is 0 Å². The third-order valence-corrected chi connectivity index (χ3v) is 2.11. The molecule has 1 aliphatic heterocycles. The Kier molecular flexibility index (Phi) is 4.64. The van der Waals surface area contributed by atoms with E-state index >= 15 is 0 Å². The van der Waals surface area contributed by atoms with Gasteiger partial charge in [0.2, 0.25) is 5.91 Å². The molecule has 5 heteroatoms. The first kappa shape index (κ1) is 13.0. The van der Waals surface area contributed by atoms with Gasteiger partial charge in [0.05, 0.1) is 5.91 Å². The van der Waals surface area contributed by atoms with Crippen LogP contribution < -0.4 is 63.5 Å². The Labute approximate surface area is 137 Å². The van der Waals surface area contributed by atoms with Crippen molar-refractivity contribution in [2.24, 2.45) is 0 Å². The van der Waals surface area contributed by atoms with E-state index in [1.807, 2.05) is 0 Å². The first-order chi connectivity index (χ1) is 6.68. The molecule has 0 aromatic heterocycles. The van der Waals surface area contributed by atoms with Gasteiger partial charge in [0, 0.05) is 11.3 Å². The number of anilines is 1. The maximum absolute atomic E-state index is 11.5. The van der Waals surface area contributed by atoms with Gasteiger partial charge in [-0.3, -0.25) is 4.79 Å². The topological polar surface area (TPSA) is 60.3 Å². The summed E-state index contributed by atoms with van der Waals surface area (Å²) in [4.78, 5) is 22.9. The van der Waals surface area contributed by atoms with Gasteiger partial charge >= 0.3 is 58.2 Å². The molecular formula is C10H9N2O2Rb. The molecule has 1 unspecified atom stereocenters. The van der Waals surface area contributed by atoms with Gasteiger partial charge in [-0.05, 0) is 12.1 Å². The molecule has 1 aromatic carbocycles. The Balaban J connectivity index is 0.00000112. The van der Waals surface area contributed by atoms with Crippen molar-refractivity contribution in [3.05, 3.63) is 35.1 Å². The van der Waals surface area contributed by atoms with Gasteiger partial charge in [-0.2, -0.15) is 0 Å². The molecule has 2 rings (SSSR count). The van der Waals surface area contributed by atoms with Gasteiger partial charge in [0.15, 0.2) is 0 Å². The van der Waals surface area contributed by atoms with Crippen LogP contribution in [0.4, 0.5) is 5.69 Å². The first-order valence-corrected chi connectivity index (χ1v) is 4.33. The second-order valence-electron chi connectivity index (χ2n) is 3.15. The van der Waals surface area contributed by atoms with Crippen LogP contribution in [-0.2, 0) is 4.79 Å². The van der Waals surface area contributed by atoms with Crippen molar-refractivity contribution in [2.75, 3.05) is 5.32 Å². The molecule has 0 saturated heterocycles. The SMILES string of the molecule is CC1[N-]C(=O)c2ccccc2NC1=O.[Rb+]. The third-order valence-electron chi connectivity index (χ3n) is 2.11.